The van der Waals surface area contributed by atoms with Gasteiger partial charge in [0.25, 0.3) is 5.91 Å². The van der Waals surface area contributed by atoms with Crippen molar-refractivity contribution in [2.24, 2.45) is 0 Å². The fraction of sp³-hybridized carbons (Fsp3) is 0.217. The van der Waals surface area contributed by atoms with Gasteiger partial charge in [-0.15, -0.1) is 11.3 Å². The predicted octanol–water partition coefficient (Wildman–Crippen LogP) is 4.37. The van der Waals surface area contributed by atoms with Crippen molar-refractivity contribution in [3.8, 4) is 22.4 Å². The van der Waals surface area contributed by atoms with Crippen molar-refractivity contribution in [3.63, 3.8) is 0 Å². The fourth-order valence-corrected chi connectivity index (χ4v) is 4.25. The molecule has 7 nitrogen and oxygen atoms in total. The van der Waals surface area contributed by atoms with Crippen LogP contribution in [0.4, 0.5) is 0 Å². The van der Waals surface area contributed by atoms with Crippen molar-refractivity contribution in [3.05, 3.63) is 64.8 Å². The molecule has 154 valence electrons. The number of hydrogen-bond donors (Lipinski definition) is 1. The number of fused-ring (bicyclic) bond motifs is 1. The number of hydrogen-bond acceptors (Lipinski definition) is 6. The van der Waals surface area contributed by atoms with Gasteiger partial charge in [0.1, 0.15) is 17.9 Å². The Balaban J connectivity index is 1.42. The van der Waals surface area contributed by atoms with Crippen LogP contribution in [-0.2, 0) is 6.54 Å². The maximum absolute atomic E-state index is 13.1. The first-order chi connectivity index (χ1) is 15.1. The molecule has 3 aromatic heterocycles. The van der Waals surface area contributed by atoms with Gasteiger partial charge in [0.15, 0.2) is 0 Å². The second kappa shape index (κ2) is 7.85. The summed E-state index contributed by atoms with van der Waals surface area (Å²) in [7, 11) is 1.76. The van der Waals surface area contributed by atoms with Gasteiger partial charge in [-0.1, -0.05) is 18.2 Å². The van der Waals surface area contributed by atoms with E-state index in [9.17, 15) is 4.79 Å². The van der Waals surface area contributed by atoms with Crippen LogP contribution in [-0.4, -0.2) is 39.1 Å². The van der Waals surface area contributed by atoms with Gasteiger partial charge in [-0.25, -0.2) is 4.98 Å². The Bertz CT molecular complexity index is 1320. The molecule has 3 heterocycles. The minimum absolute atomic E-state index is 0.141. The summed E-state index contributed by atoms with van der Waals surface area (Å²) >= 11 is 1.47. The monoisotopic (exact) mass is 429 g/mol. The van der Waals surface area contributed by atoms with Gasteiger partial charge in [0.05, 0.1) is 22.8 Å². The minimum atomic E-state index is -0.187. The molecule has 31 heavy (non-hydrogen) atoms. The molecule has 1 saturated carbocycles. The van der Waals surface area contributed by atoms with Crippen LogP contribution >= 0.6 is 11.3 Å². The molecule has 0 bridgehead atoms. The highest BCUT2D eigenvalue weighted by atomic mass is 32.1. The molecule has 1 aliphatic carbocycles. The average molecular weight is 430 g/mol. The summed E-state index contributed by atoms with van der Waals surface area (Å²) in [6, 6.07) is 13.5. The zero-order chi connectivity index (χ0) is 21.4. The van der Waals surface area contributed by atoms with Crippen molar-refractivity contribution in [2.75, 3.05) is 7.05 Å². The number of H-pyrrole nitrogens is 1. The highest BCUT2D eigenvalue weighted by Crippen LogP contribution is 2.36. The molecule has 1 amide bonds. The van der Waals surface area contributed by atoms with Crippen LogP contribution in [0, 0.1) is 11.3 Å². The smallest absolute Gasteiger partial charge is 0.272 e. The summed E-state index contributed by atoms with van der Waals surface area (Å²) in [4.78, 5) is 20.2. The van der Waals surface area contributed by atoms with Crippen molar-refractivity contribution < 1.29 is 9.53 Å². The van der Waals surface area contributed by atoms with Crippen LogP contribution in [0.3, 0.4) is 0 Å². The first-order valence-electron chi connectivity index (χ1n) is 9.95. The fourth-order valence-electron chi connectivity index (χ4n) is 3.40. The molecule has 0 spiro atoms. The zero-order valence-electron chi connectivity index (χ0n) is 16.8. The van der Waals surface area contributed by atoms with E-state index in [-0.39, 0.29) is 12.0 Å². The number of carbonyl (C=O) groups is 1. The molecule has 1 fully saturated rings. The van der Waals surface area contributed by atoms with Gasteiger partial charge in [0, 0.05) is 29.2 Å². The van der Waals surface area contributed by atoms with E-state index in [2.05, 4.69) is 21.3 Å². The SMILES string of the molecule is CN(Cc1cccc2cn[nH]c12)C(=O)c1ccc(-c2cc(C#N)cs2)c(OC2CC2)n1. The minimum Gasteiger partial charge on any atom is -0.474 e. The van der Waals surface area contributed by atoms with Gasteiger partial charge < -0.3 is 9.64 Å². The van der Waals surface area contributed by atoms with E-state index in [0.29, 0.717) is 23.7 Å². The number of nitrogens with zero attached hydrogens (tertiary/aromatic N) is 4. The molecule has 4 aromatic rings. The number of thiophene rings is 1. The Kier molecular flexibility index (Phi) is 4.88. The molecule has 0 radical (unpaired) electrons. The van der Waals surface area contributed by atoms with E-state index < -0.39 is 0 Å². The maximum atomic E-state index is 13.1. The molecule has 8 heteroatoms. The van der Waals surface area contributed by atoms with Crippen molar-refractivity contribution >= 4 is 28.1 Å². The van der Waals surface area contributed by atoms with E-state index in [0.717, 1.165) is 39.7 Å². The van der Waals surface area contributed by atoms with Crippen LogP contribution in [0.5, 0.6) is 5.88 Å². The summed E-state index contributed by atoms with van der Waals surface area (Å²) in [5.74, 6) is 0.261. The lowest BCUT2D eigenvalue weighted by Crippen LogP contribution is -2.27. The highest BCUT2D eigenvalue weighted by molar-refractivity contribution is 7.13. The number of benzene rings is 1. The van der Waals surface area contributed by atoms with Gasteiger partial charge in [-0.05, 0) is 36.6 Å². The number of amides is 1. The van der Waals surface area contributed by atoms with Gasteiger partial charge in [-0.2, -0.15) is 10.4 Å². The Hall–Kier alpha value is -3.70. The molecular formula is C23H19N5O2S. The largest absolute Gasteiger partial charge is 0.474 e. The zero-order valence-corrected chi connectivity index (χ0v) is 17.6. The number of nitriles is 1. The van der Waals surface area contributed by atoms with Crippen molar-refractivity contribution in [1.29, 1.82) is 5.26 Å². The van der Waals surface area contributed by atoms with Crippen LogP contribution in [0.25, 0.3) is 21.3 Å². The molecule has 0 aliphatic heterocycles. The van der Waals surface area contributed by atoms with E-state index in [4.69, 9.17) is 10.00 Å². The quantitative estimate of drug-likeness (QED) is 0.491. The van der Waals surface area contributed by atoms with Gasteiger partial charge in [-0.3, -0.25) is 9.89 Å². The maximum Gasteiger partial charge on any atom is 0.272 e. The number of pyridine rings is 1. The summed E-state index contributed by atoms with van der Waals surface area (Å²) < 4.78 is 6.02. The van der Waals surface area contributed by atoms with Crippen LogP contribution in [0.15, 0.2) is 48.0 Å². The molecule has 1 aromatic carbocycles. The average Bonchev–Trinajstić information content (AvgIpc) is 3.27. The van der Waals surface area contributed by atoms with E-state index >= 15 is 0 Å². The second-order valence-electron chi connectivity index (χ2n) is 7.59. The lowest BCUT2D eigenvalue weighted by atomic mass is 10.1. The lowest BCUT2D eigenvalue weighted by molar-refractivity contribution is 0.0778. The summed E-state index contributed by atoms with van der Waals surface area (Å²) in [5.41, 5.74) is 3.65. The summed E-state index contributed by atoms with van der Waals surface area (Å²) in [5, 5.41) is 19.0. The first kappa shape index (κ1) is 19.3. The molecule has 0 saturated heterocycles. The Morgan fingerprint density at radius 3 is 3.00 bits per heavy atom. The standard InChI is InChI=1S/C23H19N5O2S/c1-28(12-16-4-2-3-15-11-25-27-21(15)16)23(29)19-8-7-18(20-9-14(10-24)13-31-20)22(26-19)30-17-5-6-17/h2-4,7-9,11,13,17H,5-6,12H2,1H3,(H,25,27). The number of rotatable bonds is 6. The van der Waals surface area contributed by atoms with Crippen molar-refractivity contribution in [2.45, 2.75) is 25.5 Å². The number of carbonyl (C=O) groups excluding carboxylic acids is 1. The van der Waals surface area contributed by atoms with E-state index in [1.54, 1.807) is 29.6 Å². The third kappa shape index (κ3) is 3.88. The van der Waals surface area contributed by atoms with Gasteiger partial charge >= 0.3 is 0 Å². The molecule has 1 aliphatic rings. The number of aromatic nitrogens is 3. The molecule has 1 N–H and O–H groups in total. The number of aromatic amines is 1. The Labute approximate surface area is 182 Å². The first-order valence-corrected chi connectivity index (χ1v) is 10.8. The Morgan fingerprint density at radius 1 is 1.35 bits per heavy atom. The van der Waals surface area contributed by atoms with Crippen molar-refractivity contribution in [1.82, 2.24) is 20.1 Å². The third-order valence-electron chi connectivity index (χ3n) is 5.19. The van der Waals surface area contributed by atoms with Crippen LogP contribution < -0.4 is 4.74 Å². The number of ether oxygens (including phenoxy) is 1. The molecule has 5 rings (SSSR count). The van der Waals surface area contributed by atoms with Crippen LogP contribution in [0.2, 0.25) is 0 Å². The Morgan fingerprint density at radius 2 is 2.23 bits per heavy atom. The second-order valence-corrected chi connectivity index (χ2v) is 8.50. The topological polar surface area (TPSA) is 94.9 Å². The van der Waals surface area contributed by atoms with Gasteiger partial charge in [0.2, 0.25) is 5.88 Å². The molecular weight excluding hydrogens is 410 g/mol. The number of para-hydroxylation sites is 1. The highest BCUT2D eigenvalue weighted by Gasteiger charge is 2.27. The molecule has 0 atom stereocenters. The summed E-state index contributed by atoms with van der Waals surface area (Å²) in [6.07, 6.45) is 3.88. The third-order valence-corrected chi connectivity index (χ3v) is 6.16. The lowest BCUT2D eigenvalue weighted by Gasteiger charge is -2.18. The van der Waals surface area contributed by atoms with E-state index in [1.807, 2.05) is 30.3 Å². The predicted molar refractivity (Wildman–Crippen MR) is 118 cm³/mol. The van der Waals surface area contributed by atoms with E-state index in [1.165, 1.54) is 11.3 Å². The molecule has 0 unspecified atom stereocenters. The number of nitrogens with one attached hydrogen (secondary N) is 1. The normalized spacial score (nSPS) is 13.2. The van der Waals surface area contributed by atoms with Crippen LogP contribution in [0.1, 0.15) is 34.5 Å². The summed E-state index contributed by atoms with van der Waals surface area (Å²) in [6.45, 7) is 0.428.